The van der Waals surface area contributed by atoms with Crippen LogP contribution in [0.1, 0.15) is 46.0 Å². The molecule has 0 aromatic carbocycles. The summed E-state index contributed by atoms with van der Waals surface area (Å²) in [7, 11) is 0. The Labute approximate surface area is 116 Å². The van der Waals surface area contributed by atoms with Crippen molar-refractivity contribution in [2.24, 2.45) is 5.92 Å². The second kappa shape index (κ2) is 6.51. The topological polar surface area (TPSA) is 47.4 Å². The summed E-state index contributed by atoms with van der Waals surface area (Å²) >= 11 is 0. The van der Waals surface area contributed by atoms with Crippen molar-refractivity contribution >= 4 is 11.6 Å². The quantitative estimate of drug-likeness (QED) is 0.795. The van der Waals surface area contributed by atoms with E-state index < -0.39 is 0 Å². The van der Waals surface area contributed by atoms with E-state index in [1.54, 1.807) is 0 Å². The van der Waals surface area contributed by atoms with Crippen molar-refractivity contribution in [1.82, 2.24) is 9.80 Å². The molecule has 2 fully saturated rings. The molecule has 0 aromatic rings. The highest BCUT2D eigenvalue weighted by atomic mass is 16.2. The molecule has 19 heavy (non-hydrogen) atoms. The molecule has 1 aliphatic heterocycles. The number of nitrogens with one attached hydrogen (secondary N) is 1. The number of nitrogens with zero attached hydrogens (tertiary/aromatic N) is 2. The lowest BCUT2D eigenvalue weighted by molar-refractivity contribution is -0.133. The molecule has 0 bridgehead atoms. The number of hydrogen-bond donors (Lipinski definition) is 1. The zero-order chi connectivity index (χ0) is 13.8. The summed E-state index contributed by atoms with van der Waals surface area (Å²) in [6.45, 7) is 7.75. The maximum absolute atomic E-state index is 11.7. The van der Waals surface area contributed by atoms with Crippen molar-refractivity contribution in [1.29, 1.82) is 5.41 Å². The fourth-order valence-corrected chi connectivity index (χ4v) is 3.43. The Bertz CT molecular complexity index is 326. The maximum Gasteiger partial charge on any atom is 0.222 e. The van der Waals surface area contributed by atoms with Crippen LogP contribution in [-0.2, 0) is 4.79 Å². The van der Waals surface area contributed by atoms with Crippen molar-refractivity contribution in [2.45, 2.75) is 52.0 Å². The van der Waals surface area contributed by atoms with E-state index in [9.17, 15) is 4.79 Å². The van der Waals surface area contributed by atoms with Gasteiger partial charge in [-0.1, -0.05) is 6.92 Å². The van der Waals surface area contributed by atoms with Crippen molar-refractivity contribution < 1.29 is 4.79 Å². The zero-order valence-corrected chi connectivity index (χ0v) is 12.3. The first-order valence-electron chi connectivity index (χ1n) is 7.68. The van der Waals surface area contributed by atoms with Crippen LogP contribution in [0.15, 0.2) is 0 Å². The van der Waals surface area contributed by atoms with Crippen LogP contribution in [0.5, 0.6) is 0 Å². The van der Waals surface area contributed by atoms with Crippen LogP contribution in [0.2, 0.25) is 0 Å². The van der Waals surface area contributed by atoms with E-state index in [1.807, 2.05) is 18.7 Å². The summed E-state index contributed by atoms with van der Waals surface area (Å²) in [4.78, 5) is 16.2. The summed E-state index contributed by atoms with van der Waals surface area (Å²) in [6, 6.07) is 0.689. The molecule has 0 radical (unpaired) electrons. The van der Waals surface area contributed by atoms with Crippen molar-refractivity contribution in [2.75, 3.05) is 26.2 Å². The Balaban J connectivity index is 1.77. The van der Waals surface area contributed by atoms with E-state index >= 15 is 0 Å². The Morgan fingerprint density at radius 2 is 1.68 bits per heavy atom. The van der Waals surface area contributed by atoms with Crippen LogP contribution in [0.3, 0.4) is 0 Å². The number of piperazine rings is 1. The number of hydrogen-bond acceptors (Lipinski definition) is 3. The summed E-state index contributed by atoms with van der Waals surface area (Å²) in [5.74, 6) is 0.821. The second-order valence-corrected chi connectivity index (χ2v) is 5.96. The predicted octanol–water partition coefficient (Wildman–Crippen LogP) is 2.14. The van der Waals surface area contributed by atoms with Gasteiger partial charge in [-0.3, -0.25) is 9.69 Å². The zero-order valence-electron chi connectivity index (χ0n) is 12.3. The minimum absolute atomic E-state index is 0.294. The monoisotopic (exact) mass is 265 g/mol. The Morgan fingerprint density at radius 1 is 1.11 bits per heavy atom. The Hall–Kier alpha value is -0.900. The molecule has 1 heterocycles. The van der Waals surface area contributed by atoms with Gasteiger partial charge >= 0.3 is 0 Å². The molecule has 1 amide bonds. The van der Waals surface area contributed by atoms with Crippen molar-refractivity contribution in [3.63, 3.8) is 0 Å². The van der Waals surface area contributed by atoms with Crippen molar-refractivity contribution in [3.8, 4) is 0 Å². The Kier molecular flexibility index (Phi) is 4.97. The SMILES string of the molecule is CCC(=O)N1CCN([C@H]2CC[C@@H](C(C)=N)CC2)CC1. The van der Waals surface area contributed by atoms with Crippen LogP contribution in [0, 0.1) is 11.3 Å². The molecule has 1 N–H and O–H groups in total. The summed E-state index contributed by atoms with van der Waals surface area (Å²) in [5.41, 5.74) is 0.858. The van der Waals surface area contributed by atoms with Gasteiger partial charge in [-0.05, 0) is 38.5 Å². The first kappa shape index (κ1) is 14.5. The third kappa shape index (κ3) is 3.56. The molecule has 2 aliphatic rings. The summed E-state index contributed by atoms with van der Waals surface area (Å²) in [6.07, 6.45) is 5.43. The molecular weight excluding hydrogens is 238 g/mol. The first-order valence-corrected chi connectivity index (χ1v) is 7.68. The molecule has 4 nitrogen and oxygen atoms in total. The van der Waals surface area contributed by atoms with E-state index in [0.29, 0.717) is 24.3 Å². The molecule has 0 spiro atoms. The highest BCUT2D eigenvalue weighted by Crippen LogP contribution is 2.28. The predicted molar refractivity (Wildman–Crippen MR) is 77.6 cm³/mol. The van der Waals surface area contributed by atoms with E-state index in [1.165, 1.54) is 25.7 Å². The molecule has 1 saturated carbocycles. The highest BCUT2D eigenvalue weighted by molar-refractivity contribution is 5.81. The lowest BCUT2D eigenvalue weighted by Gasteiger charge is -2.42. The van der Waals surface area contributed by atoms with Gasteiger partial charge in [0.1, 0.15) is 0 Å². The fraction of sp³-hybridized carbons (Fsp3) is 0.867. The van der Waals surface area contributed by atoms with Gasteiger partial charge in [-0.2, -0.15) is 0 Å². The molecule has 0 aromatic heterocycles. The maximum atomic E-state index is 11.7. The van der Waals surface area contributed by atoms with Crippen molar-refractivity contribution in [3.05, 3.63) is 0 Å². The highest BCUT2D eigenvalue weighted by Gasteiger charge is 2.29. The lowest BCUT2D eigenvalue weighted by Crippen LogP contribution is -2.52. The van der Waals surface area contributed by atoms with Gasteiger partial charge in [-0.15, -0.1) is 0 Å². The standard InChI is InChI=1S/C15H27N3O/c1-3-15(19)18-10-8-17(9-11-18)14-6-4-13(5-7-14)12(2)16/h13-14,16H,3-11H2,1-2H3/t13-,14+. The molecule has 0 unspecified atom stereocenters. The first-order chi connectivity index (χ1) is 9.11. The molecular formula is C15H27N3O. The van der Waals surface area contributed by atoms with Crippen LogP contribution in [0.4, 0.5) is 0 Å². The van der Waals surface area contributed by atoms with E-state index in [2.05, 4.69) is 4.90 Å². The van der Waals surface area contributed by atoms with Crippen LogP contribution in [-0.4, -0.2) is 53.6 Å². The summed E-state index contributed by atoms with van der Waals surface area (Å²) in [5, 5.41) is 7.74. The molecule has 2 rings (SSSR count). The second-order valence-electron chi connectivity index (χ2n) is 5.96. The number of amides is 1. The number of rotatable bonds is 3. The van der Waals surface area contributed by atoms with Gasteiger partial charge in [0.15, 0.2) is 0 Å². The Morgan fingerprint density at radius 3 is 2.16 bits per heavy atom. The normalized spacial score (nSPS) is 29.3. The van der Waals surface area contributed by atoms with Crippen LogP contribution >= 0.6 is 0 Å². The molecule has 0 atom stereocenters. The van der Waals surface area contributed by atoms with E-state index in [-0.39, 0.29) is 0 Å². The van der Waals surface area contributed by atoms with Gasteiger partial charge in [0, 0.05) is 44.4 Å². The lowest BCUT2D eigenvalue weighted by atomic mass is 9.83. The van der Waals surface area contributed by atoms with E-state index in [0.717, 1.165) is 31.9 Å². The van der Waals surface area contributed by atoms with E-state index in [4.69, 9.17) is 5.41 Å². The number of carbonyl (C=O) groups is 1. The van der Waals surface area contributed by atoms with Gasteiger partial charge in [0.05, 0.1) is 0 Å². The molecule has 4 heteroatoms. The van der Waals surface area contributed by atoms with Crippen LogP contribution in [0.25, 0.3) is 0 Å². The third-order valence-electron chi connectivity index (χ3n) is 4.79. The van der Waals surface area contributed by atoms with Gasteiger partial charge in [-0.25, -0.2) is 0 Å². The van der Waals surface area contributed by atoms with Gasteiger partial charge in [0.2, 0.25) is 5.91 Å². The van der Waals surface area contributed by atoms with Gasteiger partial charge in [0.25, 0.3) is 0 Å². The minimum Gasteiger partial charge on any atom is -0.340 e. The summed E-state index contributed by atoms with van der Waals surface area (Å²) < 4.78 is 0. The average Bonchev–Trinajstić information content (AvgIpc) is 2.46. The van der Waals surface area contributed by atoms with Crippen LogP contribution < -0.4 is 0 Å². The third-order valence-corrected chi connectivity index (χ3v) is 4.79. The molecule has 1 aliphatic carbocycles. The average molecular weight is 265 g/mol. The number of carbonyl (C=O) groups excluding carboxylic acids is 1. The molecule has 108 valence electrons. The largest absolute Gasteiger partial charge is 0.340 e. The molecule has 1 saturated heterocycles. The smallest absolute Gasteiger partial charge is 0.222 e. The fourth-order valence-electron chi connectivity index (χ4n) is 3.43. The van der Waals surface area contributed by atoms with Gasteiger partial charge < -0.3 is 10.3 Å². The minimum atomic E-state index is 0.294.